The number of hydrogen-bond donors (Lipinski definition) is 1. The SMILES string of the molecule is CCOCCOC(=O)C1=C(C)NC2=C(C(=O)C[C@H](c3ccc(Cl)cc3)C2)[C@@H]1c1ccc([N+](=O)[O-])cc1. The topological polar surface area (TPSA) is 108 Å². The van der Waals surface area contributed by atoms with Gasteiger partial charge in [0, 0.05) is 53.1 Å². The van der Waals surface area contributed by atoms with Crippen molar-refractivity contribution in [1.29, 1.82) is 0 Å². The summed E-state index contributed by atoms with van der Waals surface area (Å²) >= 11 is 6.04. The van der Waals surface area contributed by atoms with Crippen molar-refractivity contribution in [3.63, 3.8) is 0 Å². The predicted molar refractivity (Wildman–Crippen MR) is 135 cm³/mol. The van der Waals surface area contributed by atoms with Crippen LogP contribution in [0.25, 0.3) is 0 Å². The number of rotatable bonds is 8. The number of ketones is 1. The Bertz CT molecular complexity index is 1230. The van der Waals surface area contributed by atoms with E-state index in [0.717, 1.165) is 11.3 Å². The number of halogens is 1. The fourth-order valence-corrected chi connectivity index (χ4v) is 4.94. The molecule has 0 spiro atoms. The van der Waals surface area contributed by atoms with Gasteiger partial charge in [-0.15, -0.1) is 0 Å². The Morgan fingerprint density at radius 3 is 2.39 bits per heavy atom. The first-order chi connectivity index (χ1) is 17.3. The molecule has 2 aromatic carbocycles. The lowest BCUT2D eigenvalue weighted by molar-refractivity contribution is -0.384. The summed E-state index contributed by atoms with van der Waals surface area (Å²) in [7, 11) is 0. The van der Waals surface area contributed by atoms with Gasteiger partial charge in [0.15, 0.2) is 5.78 Å². The molecular weight excluding hydrogens is 484 g/mol. The molecule has 9 heteroatoms. The van der Waals surface area contributed by atoms with Gasteiger partial charge in [0.05, 0.1) is 17.1 Å². The highest BCUT2D eigenvalue weighted by Crippen LogP contribution is 2.46. The number of hydrogen-bond acceptors (Lipinski definition) is 7. The molecule has 0 radical (unpaired) electrons. The van der Waals surface area contributed by atoms with E-state index in [1.54, 1.807) is 31.2 Å². The molecule has 0 bridgehead atoms. The summed E-state index contributed by atoms with van der Waals surface area (Å²) in [6, 6.07) is 13.4. The number of carbonyl (C=O) groups is 2. The van der Waals surface area contributed by atoms with Crippen molar-refractivity contribution < 1.29 is 24.0 Å². The van der Waals surface area contributed by atoms with E-state index in [1.807, 2.05) is 19.1 Å². The summed E-state index contributed by atoms with van der Waals surface area (Å²) in [6.07, 6.45) is 0.855. The van der Waals surface area contributed by atoms with Crippen molar-refractivity contribution in [2.45, 2.75) is 38.5 Å². The lowest BCUT2D eigenvalue weighted by Crippen LogP contribution is -2.36. The number of ether oxygens (including phenoxy) is 2. The molecule has 1 N–H and O–H groups in total. The van der Waals surface area contributed by atoms with Crippen molar-refractivity contribution >= 4 is 29.0 Å². The number of non-ortho nitro benzene ring substituents is 1. The van der Waals surface area contributed by atoms with Crippen LogP contribution in [0.4, 0.5) is 5.69 Å². The Morgan fingerprint density at radius 2 is 1.75 bits per heavy atom. The van der Waals surface area contributed by atoms with Crippen LogP contribution in [0.15, 0.2) is 71.1 Å². The van der Waals surface area contributed by atoms with Gasteiger partial charge in [-0.05, 0) is 49.4 Å². The largest absolute Gasteiger partial charge is 0.460 e. The monoisotopic (exact) mass is 510 g/mol. The van der Waals surface area contributed by atoms with Crippen LogP contribution in [0.1, 0.15) is 49.7 Å². The Kier molecular flexibility index (Phi) is 7.86. The standard InChI is InChI=1S/C27H27ClN2O6/c1-3-35-12-13-36-27(32)24-16(2)29-22-14-19(17-4-8-20(28)9-5-17)15-23(31)26(22)25(24)18-6-10-21(11-7-18)30(33)34/h4-11,19,25,29H,3,12-15H2,1-2H3/t19-,25-/m1/s1. The lowest BCUT2D eigenvalue weighted by atomic mass is 9.71. The molecule has 4 rings (SSSR count). The second-order valence-electron chi connectivity index (χ2n) is 8.75. The first-order valence-electron chi connectivity index (χ1n) is 11.8. The zero-order valence-corrected chi connectivity index (χ0v) is 20.8. The van der Waals surface area contributed by atoms with Crippen molar-refractivity contribution in [1.82, 2.24) is 5.32 Å². The van der Waals surface area contributed by atoms with Crippen molar-refractivity contribution in [2.24, 2.45) is 0 Å². The van der Waals surface area contributed by atoms with Crippen molar-refractivity contribution in [2.75, 3.05) is 19.8 Å². The third kappa shape index (κ3) is 5.34. The fourth-order valence-electron chi connectivity index (χ4n) is 4.82. The van der Waals surface area contributed by atoms with E-state index in [0.29, 0.717) is 40.5 Å². The molecule has 0 saturated heterocycles. The van der Waals surface area contributed by atoms with E-state index in [9.17, 15) is 19.7 Å². The van der Waals surface area contributed by atoms with Gasteiger partial charge in [-0.25, -0.2) is 4.79 Å². The van der Waals surface area contributed by atoms with Crippen LogP contribution in [-0.4, -0.2) is 36.5 Å². The molecule has 2 atom stereocenters. The minimum atomic E-state index is -0.694. The summed E-state index contributed by atoms with van der Waals surface area (Å²) in [4.78, 5) is 37.5. The van der Waals surface area contributed by atoms with Crippen LogP contribution in [0.5, 0.6) is 0 Å². The Hall–Kier alpha value is -3.49. The molecule has 0 aromatic heterocycles. The second kappa shape index (κ2) is 11.1. The summed E-state index contributed by atoms with van der Waals surface area (Å²) in [5, 5.41) is 15.1. The number of esters is 1. The van der Waals surface area contributed by atoms with E-state index >= 15 is 0 Å². The highest BCUT2D eigenvalue weighted by Gasteiger charge is 2.41. The van der Waals surface area contributed by atoms with Crippen molar-refractivity contribution in [3.05, 3.63) is 97.3 Å². The molecule has 0 fully saturated rings. The van der Waals surface area contributed by atoms with Gasteiger partial charge in [-0.1, -0.05) is 35.9 Å². The van der Waals surface area contributed by atoms with Crippen LogP contribution in [0, 0.1) is 10.1 Å². The second-order valence-corrected chi connectivity index (χ2v) is 9.19. The average Bonchev–Trinajstić information content (AvgIpc) is 2.86. The van der Waals surface area contributed by atoms with Gasteiger partial charge in [0.1, 0.15) is 6.61 Å². The van der Waals surface area contributed by atoms with Crippen LogP contribution in [0.3, 0.4) is 0 Å². The number of nitro groups is 1. The van der Waals surface area contributed by atoms with Crippen LogP contribution in [0.2, 0.25) is 5.02 Å². The smallest absolute Gasteiger partial charge is 0.336 e. The van der Waals surface area contributed by atoms with Crippen molar-refractivity contribution in [3.8, 4) is 0 Å². The Balaban J connectivity index is 1.72. The molecule has 8 nitrogen and oxygen atoms in total. The molecule has 188 valence electrons. The average molecular weight is 511 g/mol. The van der Waals surface area contributed by atoms with E-state index in [2.05, 4.69) is 5.32 Å². The maximum atomic E-state index is 13.6. The van der Waals surface area contributed by atoms with Gasteiger partial charge in [0.25, 0.3) is 5.69 Å². The normalized spacial score (nSPS) is 19.6. The number of dihydropyridines is 1. The third-order valence-electron chi connectivity index (χ3n) is 6.49. The summed E-state index contributed by atoms with van der Waals surface area (Å²) in [6.45, 7) is 4.47. The van der Waals surface area contributed by atoms with Crippen LogP contribution < -0.4 is 5.32 Å². The van der Waals surface area contributed by atoms with E-state index in [-0.39, 0.29) is 37.0 Å². The highest BCUT2D eigenvalue weighted by molar-refractivity contribution is 6.30. The number of carbonyl (C=O) groups excluding carboxylic acids is 2. The van der Waals surface area contributed by atoms with E-state index in [1.165, 1.54) is 12.1 Å². The van der Waals surface area contributed by atoms with E-state index in [4.69, 9.17) is 21.1 Å². The fraction of sp³-hybridized carbons (Fsp3) is 0.333. The first kappa shape index (κ1) is 25.6. The van der Waals surface area contributed by atoms with Gasteiger partial charge in [-0.2, -0.15) is 0 Å². The van der Waals surface area contributed by atoms with Gasteiger partial charge in [-0.3, -0.25) is 14.9 Å². The van der Waals surface area contributed by atoms with E-state index < -0.39 is 16.8 Å². The molecule has 36 heavy (non-hydrogen) atoms. The third-order valence-corrected chi connectivity index (χ3v) is 6.74. The molecular formula is C27H27ClN2O6. The lowest BCUT2D eigenvalue weighted by Gasteiger charge is -2.36. The summed E-state index contributed by atoms with van der Waals surface area (Å²) in [5.74, 6) is -1.37. The maximum Gasteiger partial charge on any atom is 0.336 e. The minimum absolute atomic E-state index is 0.0361. The van der Waals surface area contributed by atoms with Crippen LogP contribution >= 0.6 is 11.6 Å². The molecule has 1 aliphatic heterocycles. The maximum absolute atomic E-state index is 13.6. The first-order valence-corrected chi connectivity index (χ1v) is 12.2. The molecule has 1 heterocycles. The quantitative estimate of drug-likeness (QED) is 0.225. The van der Waals surface area contributed by atoms with Gasteiger partial charge < -0.3 is 14.8 Å². The molecule has 0 unspecified atom stereocenters. The van der Waals surface area contributed by atoms with Gasteiger partial charge >= 0.3 is 5.97 Å². The Morgan fingerprint density at radius 1 is 1.08 bits per heavy atom. The summed E-state index contributed by atoms with van der Waals surface area (Å²) in [5.41, 5.74) is 3.70. The Labute approximate surface area is 214 Å². The number of nitro benzene ring substituents is 1. The minimum Gasteiger partial charge on any atom is -0.460 e. The zero-order chi connectivity index (χ0) is 25.8. The number of Topliss-reactive ketones (excluding diaryl/α,β-unsaturated/α-hetero) is 1. The highest BCUT2D eigenvalue weighted by atomic mass is 35.5. The van der Waals surface area contributed by atoms with Crippen LogP contribution in [-0.2, 0) is 19.1 Å². The number of allylic oxidation sites excluding steroid dienone is 3. The molecule has 0 saturated carbocycles. The zero-order valence-electron chi connectivity index (χ0n) is 20.1. The molecule has 1 aliphatic carbocycles. The number of nitrogens with zero attached hydrogens (tertiary/aromatic N) is 1. The number of benzene rings is 2. The number of nitrogens with one attached hydrogen (secondary N) is 1. The predicted octanol–water partition coefficient (Wildman–Crippen LogP) is 5.19. The molecule has 2 aromatic rings. The van der Waals surface area contributed by atoms with Gasteiger partial charge in [0.2, 0.25) is 0 Å². The molecule has 2 aliphatic rings. The summed E-state index contributed by atoms with van der Waals surface area (Å²) < 4.78 is 10.7. The molecule has 0 amide bonds.